The molecule has 13 heteroatoms. The largest absolute Gasteiger partial charge is 0.481 e. The summed E-state index contributed by atoms with van der Waals surface area (Å²) in [4.78, 5) is 60.1. The lowest BCUT2D eigenvalue weighted by atomic mass is 10.0. The molecule has 1 rings (SSSR count). The summed E-state index contributed by atoms with van der Waals surface area (Å²) < 4.78 is 0. The molecule has 5 unspecified atom stereocenters. The van der Waals surface area contributed by atoms with Gasteiger partial charge in [-0.2, -0.15) is 12.6 Å². The Morgan fingerprint density at radius 1 is 0.939 bits per heavy atom. The second kappa shape index (κ2) is 13.4. The normalized spacial score (nSPS) is 15.3. The molecule has 182 valence electrons. The fourth-order valence-electron chi connectivity index (χ4n) is 2.72. The lowest BCUT2D eigenvalue weighted by Gasteiger charge is -2.25. The zero-order valence-electron chi connectivity index (χ0n) is 17.8. The number of hydrogen-bond donors (Lipinski definition) is 8. The van der Waals surface area contributed by atoms with Crippen molar-refractivity contribution in [2.75, 3.05) is 5.75 Å². The number of carbonyl (C=O) groups excluding carboxylic acids is 3. The predicted octanol–water partition coefficient (Wildman–Crippen LogP) is -2.12. The summed E-state index contributed by atoms with van der Waals surface area (Å²) in [5.41, 5.74) is 6.31. The Morgan fingerprint density at radius 2 is 1.48 bits per heavy atom. The highest BCUT2D eigenvalue weighted by molar-refractivity contribution is 7.80. The number of hydrogen-bond acceptors (Lipinski definition) is 8. The molecule has 0 heterocycles. The van der Waals surface area contributed by atoms with Crippen molar-refractivity contribution in [2.24, 2.45) is 5.73 Å². The number of aliphatic hydroxyl groups is 1. The monoisotopic (exact) mass is 484 g/mol. The SMILES string of the molecule is CC(O)C(NC(=O)C(CC(=O)O)NC(=O)C(Cc1ccccc1)NC(=O)C(N)CS)C(=O)O. The molecule has 0 radical (unpaired) electrons. The van der Waals surface area contributed by atoms with Crippen LogP contribution in [0, 0.1) is 0 Å². The van der Waals surface area contributed by atoms with Crippen LogP contribution >= 0.6 is 12.6 Å². The van der Waals surface area contributed by atoms with Crippen LogP contribution < -0.4 is 21.7 Å². The number of aliphatic hydroxyl groups excluding tert-OH is 1. The molecule has 0 saturated heterocycles. The molecule has 0 fully saturated rings. The minimum Gasteiger partial charge on any atom is -0.481 e. The number of aliphatic carboxylic acids is 2. The molecule has 33 heavy (non-hydrogen) atoms. The zero-order valence-corrected chi connectivity index (χ0v) is 18.7. The molecule has 0 aromatic heterocycles. The van der Waals surface area contributed by atoms with Crippen LogP contribution in [0.4, 0.5) is 0 Å². The van der Waals surface area contributed by atoms with Gasteiger partial charge in [-0.25, -0.2) is 4.79 Å². The van der Waals surface area contributed by atoms with Crippen LogP contribution in [0.1, 0.15) is 18.9 Å². The van der Waals surface area contributed by atoms with Gasteiger partial charge in [0.25, 0.3) is 0 Å². The van der Waals surface area contributed by atoms with Crippen LogP contribution in [0.5, 0.6) is 0 Å². The van der Waals surface area contributed by atoms with Crippen molar-refractivity contribution in [1.29, 1.82) is 0 Å². The number of rotatable bonds is 13. The maximum atomic E-state index is 12.9. The predicted molar refractivity (Wildman–Crippen MR) is 119 cm³/mol. The number of carboxylic acids is 2. The highest BCUT2D eigenvalue weighted by Gasteiger charge is 2.33. The van der Waals surface area contributed by atoms with Crippen LogP contribution in [-0.4, -0.2) is 81.0 Å². The fourth-order valence-corrected chi connectivity index (χ4v) is 2.89. The molecule has 3 amide bonds. The van der Waals surface area contributed by atoms with Crippen molar-refractivity contribution >= 4 is 42.3 Å². The van der Waals surface area contributed by atoms with Crippen molar-refractivity contribution in [1.82, 2.24) is 16.0 Å². The van der Waals surface area contributed by atoms with Crippen molar-refractivity contribution in [2.45, 2.75) is 50.0 Å². The van der Waals surface area contributed by atoms with Gasteiger partial charge in [0.05, 0.1) is 18.6 Å². The molecule has 0 spiro atoms. The van der Waals surface area contributed by atoms with Crippen LogP contribution in [0.3, 0.4) is 0 Å². The Balaban J connectivity index is 3.09. The molecular formula is C20H28N4O8S. The van der Waals surface area contributed by atoms with E-state index in [0.29, 0.717) is 5.56 Å². The van der Waals surface area contributed by atoms with E-state index in [4.69, 9.17) is 15.9 Å². The first kappa shape index (κ1) is 27.9. The van der Waals surface area contributed by atoms with Crippen molar-refractivity contribution in [3.8, 4) is 0 Å². The smallest absolute Gasteiger partial charge is 0.328 e. The summed E-state index contributed by atoms with van der Waals surface area (Å²) in [5.74, 6) is -5.68. The minimum atomic E-state index is -1.72. The van der Waals surface area contributed by atoms with Gasteiger partial charge in [-0.1, -0.05) is 30.3 Å². The van der Waals surface area contributed by atoms with Crippen LogP contribution in [0.2, 0.25) is 0 Å². The maximum Gasteiger partial charge on any atom is 0.328 e. The Morgan fingerprint density at radius 3 is 1.97 bits per heavy atom. The second-order valence-electron chi connectivity index (χ2n) is 7.26. The molecule has 0 saturated carbocycles. The molecule has 0 aliphatic heterocycles. The van der Waals surface area contributed by atoms with E-state index >= 15 is 0 Å². The molecule has 0 aliphatic carbocycles. The molecule has 1 aromatic rings. The molecule has 0 bridgehead atoms. The Kier molecular flexibility index (Phi) is 11.3. The van der Waals surface area contributed by atoms with Gasteiger partial charge < -0.3 is 37.0 Å². The van der Waals surface area contributed by atoms with Crippen LogP contribution in [-0.2, 0) is 30.4 Å². The standard InChI is InChI=1S/C20H28N4O8S/c1-10(25)16(20(31)32)24-19(30)14(8-15(26)27)23-18(29)13(22-17(28)12(21)9-33)7-11-5-3-2-4-6-11/h2-6,10,12-14,16,25,33H,7-9,21H2,1H3,(H,22,28)(H,23,29)(H,24,30)(H,26,27)(H,31,32). The zero-order chi connectivity index (χ0) is 25.1. The first-order valence-electron chi connectivity index (χ1n) is 9.90. The fraction of sp³-hybridized carbons (Fsp3) is 0.450. The Labute approximate surface area is 195 Å². The van der Waals surface area contributed by atoms with E-state index in [2.05, 4.69) is 23.3 Å². The van der Waals surface area contributed by atoms with Gasteiger partial charge in [0.2, 0.25) is 17.7 Å². The summed E-state index contributed by atoms with van der Waals surface area (Å²) >= 11 is 3.94. The Bertz CT molecular complexity index is 852. The molecule has 8 N–H and O–H groups in total. The Hall–Kier alpha value is -3.16. The maximum absolute atomic E-state index is 12.9. The molecule has 12 nitrogen and oxygen atoms in total. The average molecular weight is 485 g/mol. The first-order valence-corrected chi connectivity index (χ1v) is 10.5. The lowest BCUT2D eigenvalue weighted by molar-refractivity contribution is -0.146. The van der Waals surface area contributed by atoms with Gasteiger partial charge in [-0.15, -0.1) is 0 Å². The molecule has 1 aromatic carbocycles. The number of nitrogens with two attached hydrogens (primary N) is 1. The number of nitrogens with one attached hydrogen (secondary N) is 3. The van der Waals surface area contributed by atoms with Gasteiger partial charge in [0.1, 0.15) is 12.1 Å². The summed E-state index contributed by atoms with van der Waals surface area (Å²) in [5, 5.41) is 34.5. The average Bonchev–Trinajstić information content (AvgIpc) is 2.75. The topological polar surface area (TPSA) is 208 Å². The third-order valence-corrected chi connectivity index (χ3v) is 4.90. The van der Waals surface area contributed by atoms with E-state index in [9.17, 15) is 29.1 Å². The van der Waals surface area contributed by atoms with Gasteiger partial charge >= 0.3 is 11.9 Å². The summed E-state index contributed by atoms with van der Waals surface area (Å²) in [7, 11) is 0. The highest BCUT2D eigenvalue weighted by Crippen LogP contribution is 2.06. The van der Waals surface area contributed by atoms with Gasteiger partial charge in [-0.05, 0) is 12.5 Å². The summed E-state index contributed by atoms with van der Waals surface area (Å²) in [6.07, 6.45) is -2.35. The molecule has 0 aliphatic rings. The number of benzene rings is 1. The quantitative estimate of drug-likeness (QED) is 0.144. The van der Waals surface area contributed by atoms with Crippen molar-refractivity contribution in [3.05, 3.63) is 35.9 Å². The first-order chi connectivity index (χ1) is 15.5. The van der Waals surface area contributed by atoms with Crippen LogP contribution in [0.25, 0.3) is 0 Å². The summed E-state index contributed by atoms with van der Waals surface area (Å²) in [6.45, 7) is 1.12. The van der Waals surface area contributed by atoms with E-state index < -0.39 is 66.4 Å². The minimum absolute atomic E-state index is 0.00450. The van der Waals surface area contributed by atoms with E-state index in [1.54, 1.807) is 30.3 Å². The lowest BCUT2D eigenvalue weighted by Crippen LogP contribution is -2.59. The van der Waals surface area contributed by atoms with E-state index in [1.165, 1.54) is 0 Å². The highest BCUT2D eigenvalue weighted by atomic mass is 32.1. The van der Waals surface area contributed by atoms with Crippen LogP contribution in [0.15, 0.2) is 30.3 Å². The molecule has 5 atom stereocenters. The third kappa shape index (κ3) is 9.47. The van der Waals surface area contributed by atoms with Gasteiger partial charge in [0.15, 0.2) is 6.04 Å². The summed E-state index contributed by atoms with van der Waals surface area (Å²) in [6, 6.07) is 2.95. The number of amides is 3. The number of thiol groups is 1. The van der Waals surface area contributed by atoms with E-state index in [0.717, 1.165) is 6.92 Å². The number of carbonyl (C=O) groups is 5. The molecular weight excluding hydrogens is 456 g/mol. The number of carboxylic acid groups (broad SMARTS) is 2. The van der Waals surface area contributed by atoms with E-state index in [1.807, 2.05) is 5.32 Å². The second-order valence-corrected chi connectivity index (χ2v) is 7.63. The van der Waals surface area contributed by atoms with Gasteiger partial charge in [0, 0.05) is 12.2 Å². The van der Waals surface area contributed by atoms with Crippen molar-refractivity contribution in [3.63, 3.8) is 0 Å². The van der Waals surface area contributed by atoms with E-state index in [-0.39, 0.29) is 12.2 Å². The third-order valence-electron chi connectivity index (χ3n) is 4.51. The van der Waals surface area contributed by atoms with Gasteiger partial charge in [-0.3, -0.25) is 19.2 Å². The van der Waals surface area contributed by atoms with Crippen molar-refractivity contribution < 1.29 is 39.3 Å².